The van der Waals surface area contributed by atoms with Crippen LogP contribution in [0.25, 0.3) is 0 Å². The lowest BCUT2D eigenvalue weighted by molar-refractivity contribution is -0.148. The van der Waals surface area contributed by atoms with Crippen LogP contribution >= 0.6 is 15.9 Å². The van der Waals surface area contributed by atoms with Gasteiger partial charge in [0.1, 0.15) is 6.10 Å². The van der Waals surface area contributed by atoms with Crippen LogP contribution < -0.4 is 0 Å². The second kappa shape index (κ2) is 4.61. The van der Waals surface area contributed by atoms with Crippen LogP contribution in [0.3, 0.4) is 0 Å². The molecule has 1 fully saturated rings. The van der Waals surface area contributed by atoms with Crippen LogP contribution in [0.1, 0.15) is 19.8 Å². The Hall–Kier alpha value is -0.570. The first kappa shape index (κ1) is 10.5. The number of esters is 1. The van der Waals surface area contributed by atoms with E-state index in [0.29, 0.717) is 5.57 Å². The second-order valence-electron chi connectivity index (χ2n) is 3.08. The van der Waals surface area contributed by atoms with Crippen molar-refractivity contribution in [2.75, 3.05) is 0 Å². The van der Waals surface area contributed by atoms with E-state index in [4.69, 9.17) is 4.74 Å². The lowest BCUT2D eigenvalue weighted by Crippen LogP contribution is -2.30. The summed E-state index contributed by atoms with van der Waals surface area (Å²) in [4.78, 5) is 13.0. The zero-order valence-corrected chi connectivity index (χ0v) is 9.21. The Kier molecular flexibility index (Phi) is 3.72. The van der Waals surface area contributed by atoms with E-state index in [1.165, 1.54) is 0 Å². The zero-order chi connectivity index (χ0) is 9.84. The van der Waals surface area contributed by atoms with Gasteiger partial charge in [-0.05, 0) is 17.8 Å². The molecule has 13 heavy (non-hydrogen) atoms. The average Bonchev–Trinajstić information content (AvgIpc) is 2.16. The third-order valence-corrected chi connectivity index (χ3v) is 2.78. The maximum Gasteiger partial charge on any atom is 0.335 e. The first-order valence-corrected chi connectivity index (χ1v) is 5.28. The van der Waals surface area contributed by atoms with Crippen molar-refractivity contribution >= 4 is 21.9 Å². The highest BCUT2D eigenvalue weighted by atomic mass is 79.9. The molecule has 2 atom stereocenters. The molecule has 0 aromatic carbocycles. The number of ether oxygens (including phenoxy) is 1. The fourth-order valence-electron chi connectivity index (χ4n) is 1.43. The molecule has 1 saturated heterocycles. The summed E-state index contributed by atoms with van der Waals surface area (Å²) < 4.78 is 5.19. The molecule has 0 aromatic heterocycles. The molecule has 1 heterocycles. The van der Waals surface area contributed by atoms with E-state index >= 15 is 0 Å². The summed E-state index contributed by atoms with van der Waals surface area (Å²) >= 11 is 3.16. The first-order chi connectivity index (χ1) is 6.22. The average molecular weight is 245 g/mol. The van der Waals surface area contributed by atoms with Crippen LogP contribution in [0.5, 0.6) is 0 Å². The highest BCUT2D eigenvalue weighted by molar-refractivity contribution is 9.11. The summed E-state index contributed by atoms with van der Waals surface area (Å²) in [6.07, 6.45) is 3.57. The van der Waals surface area contributed by atoms with Gasteiger partial charge in [-0.15, -0.1) is 6.58 Å². The molecule has 72 valence electrons. The third kappa shape index (κ3) is 2.21. The van der Waals surface area contributed by atoms with Gasteiger partial charge in [0.25, 0.3) is 0 Å². The van der Waals surface area contributed by atoms with Crippen molar-refractivity contribution in [3.05, 3.63) is 23.2 Å². The molecule has 0 unspecified atom stereocenters. The van der Waals surface area contributed by atoms with Crippen molar-refractivity contribution in [3.63, 3.8) is 0 Å². The Morgan fingerprint density at radius 2 is 2.46 bits per heavy atom. The van der Waals surface area contributed by atoms with Crippen LogP contribution in [0.2, 0.25) is 0 Å². The summed E-state index contributed by atoms with van der Waals surface area (Å²) in [5.74, 6) is -0.0922. The molecule has 0 N–H and O–H groups in total. The smallest absolute Gasteiger partial charge is 0.335 e. The van der Waals surface area contributed by atoms with E-state index in [0.717, 1.165) is 12.8 Å². The molecule has 0 bridgehead atoms. The van der Waals surface area contributed by atoms with Crippen molar-refractivity contribution in [2.45, 2.75) is 25.9 Å². The summed E-state index contributed by atoms with van der Waals surface area (Å²) in [5.41, 5.74) is 0.666. The molecule has 1 aliphatic heterocycles. The summed E-state index contributed by atoms with van der Waals surface area (Å²) in [6, 6.07) is 0. The van der Waals surface area contributed by atoms with Gasteiger partial charge in [-0.3, -0.25) is 0 Å². The Labute approximate surface area is 86.8 Å². The topological polar surface area (TPSA) is 26.3 Å². The van der Waals surface area contributed by atoms with E-state index in [2.05, 4.69) is 22.5 Å². The Balaban J connectivity index is 2.80. The van der Waals surface area contributed by atoms with Crippen LogP contribution in [-0.2, 0) is 9.53 Å². The number of allylic oxidation sites excluding steroid dienone is 1. The van der Waals surface area contributed by atoms with Crippen LogP contribution in [0.15, 0.2) is 23.2 Å². The fourth-order valence-corrected chi connectivity index (χ4v) is 1.95. The van der Waals surface area contributed by atoms with Gasteiger partial charge in [0, 0.05) is 5.92 Å². The summed E-state index contributed by atoms with van der Waals surface area (Å²) in [6.45, 7) is 5.73. The number of halogens is 1. The lowest BCUT2D eigenvalue weighted by atomic mass is 9.90. The number of cyclic esters (lactones) is 1. The molecular weight excluding hydrogens is 232 g/mol. The molecule has 2 nitrogen and oxygen atoms in total. The number of hydrogen-bond donors (Lipinski definition) is 0. The van der Waals surface area contributed by atoms with Gasteiger partial charge in [-0.2, -0.15) is 0 Å². The normalized spacial score (nSPS) is 31.5. The van der Waals surface area contributed by atoms with E-state index in [-0.39, 0.29) is 18.0 Å². The number of rotatable bonds is 2. The molecule has 1 rings (SSSR count). The van der Waals surface area contributed by atoms with Gasteiger partial charge in [-0.1, -0.05) is 28.9 Å². The predicted molar refractivity (Wildman–Crippen MR) is 55.5 cm³/mol. The minimum atomic E-state index is -0.222. The fraction of sp³-hybridized carbons (Fsp3) is 0.500. The second-order valence-corrected chi connectivity index (χ2v) is 3.54. The highest BCUT2D eigenvalue weighted by Gasteiger charge is 2.30. The largest absolute Gasteiger partial charge is 0.459 e. The minimum absolute atomic E-state index is 0.0479. The predicted octanol–water partition coefficient (Wildman–Crippen LogP) is 2.79. The number of carbonyl (C=O) groups is 1. The minimum Gasteiger partial charge on any atom is -0.459 e. The standard InChI is InChI=1S/C10H13BrO2/c1-3-7-5-8(4-2)13-10(12)9(7)6-11/h3,6-8H,1,4-5H2,2H3/b9-6+/t7-,8+/m0/s1. The Bertz CT molecular complexity index is 245. The molecule has 0 spiro atoms. The molecular formula is C10H13BrO2. The van der Waals surface area contributed by atoms with E-state index in [9.17, 15) is 4.79 Å². The quantitative estimate of drug-likeness (QED) is 0.424. The molecule has 3 heteroatoms. The SMILES string of the molecule is C=C[C@H]1C[C@@H](CC)OC(=O)/C1=C/Br. The monoisotopic (exact) mass is 244 g/mol. The van der Waals surface area contributed by atoms with Crippen molar-refractivity contribution < 1.29 is 9.53 Å². The van der Waals surface area contributed by atoms with Crippen molar-refractivity contribution in [2.24, 2.45) is 5.92 Å². The molecule has 0 aliphatic carbocycles. The van der Waals surface area contributed by atoms with Gasteiger partial charge in [-0.25, -0.2) is 4.79 Å². The molecule has 0 saturated carbocycles. The number of hydrogen-bond acceptors (Lipinski definition) is 2. The van der Waals surface area contributed by atoms with Gasteiger partial charge in [0.2, 0.25) is 0 Å². The number of carbonyl (C=O) groups excluding carboxylic acids is 1. The van der Waals surface area contributed by atoms with Crippen molar-refractivity contribution in [3.8, 4) is 0 Å². The molecule has 1 aliphatic rings. The van der Waals surface area contributed by atoms with E-state index < -0.39 is 0 Å². The van der Waals surface area contributed by atoms with Crippen LogP contribution in [0.4, 0.5) is 0 Å². The van der Waals surface area contributed by atoms with Crippen LogP contribution in [-0.4, -0.2) is 12.1 Å². The maximum atomic E-state index is 11.4. The zero-order valence-electron chi connectivity index (χ0n) is 7.63. The molecule has 0 amide bonds. The maximum absolute atomic E-state index is 11.4. The highest BCUT2D eigenvalue weighted by Crippen LogP contribution is 2.29. The van der Waals surface area contributed by atoms with Gasteiger partial charge >= 0.3 is 5.97 Å². The Morgan fingerprint density at radius 3 is 2.92 bits per heavy atom. The van der Waals surface area contributed by atoms with Crippen molar-refractivity contribution in [1.29, 1.82) is 0 Å². The van der Waals surface area contributed by atoms with Crippen molar-refractivity contribution in [1.82, 2.24) is 0 Å². The van der Waals surface area contributed by atoms with E-state index in [1.807, 2.05) is 6.92 Å². The summed E-state index contributed by atoms with van der Waals surface area (Å²) in [5, 5.41) is 0. The van der Waals surface area contributed by atoms with Gasteiger partial charge in [0.05, 0.1) is 5.57 Å². The van der Waals surface area contributed by atoms with Crippen LogP contribution in [0, 0.1) is 5.92 Å². The summed E-state index contributed by atoms with van der Waals surface area (Å²) in [7, 11) is 0. The lowest BCUT2D eigenvalue weighted by Gasteiger charge is -2.28. The first-order valence-electron chi connectivity index (χ1n) is 4.36. The van der Waals surface area contributed by atoms with E-state index in [1.54, 1.807) is 11.1 Å². The molecule has 0 radical (unpaired) electrons. The van der Waals surface area contributed by atoms with Gasteiger partial charge < -0.3 is 4.74 Å². The van der Waals surface area contributed by atoms with Gasteiger partial charge in [0.15, 0.2) is 0 Å². The third-order valence-electron chi connectivity index (χ3n) is 2.28. The molecule has 0 aromatic rings. The Morgan fingerprint density at radius 1 is 1.77 bits per heavy atom.